The van der Waals surface area contributed by atoms with Crippen LogP contribution < -0.4 is 20.1 Å². The maximum absolute atomic E-state index is 12.1. The highest BCUT2D eigenvalue weighted by Crippen LogP contribution is 2.24. The van der Waals surface area contributed by atoms with Gasteiger partial charge in [-0.15, -0.1) is 0 Å². The van der Waals surface area contributed by atoms with Gasteiger partial charge in [-0.1, -0.05) is 0 Å². The summed E-state index contributed by atoms with van der Waals surface area (Å²) >= 11 is 0. The van der Waals surface area contributed by atoms with E-state index in [0.29, 0.717) is 0 Å². The van der Waals surface area contributed by atoms with E-state index in [2.05, 4.69) is 15.4 Å². The summed E-state index contributed by atoms with van der Waals surface area (Å²) < 4.78 is 31.1. The van der Waals surface area contributed by atoms with Crippen molar-refractivity contribution < 1.29 is 22.7 Å². The lowest BCUT2D eigenvalue weighted by molar-refractivity contribution is -0.120. The number of rotatable bonds is 7. The van der Waals surface area contributed by atoms with Crippen LogP contribution in [0.2, 0.25) is 0 Å². The van der Waals surface area contributed by atoms with Crippen molar-refractivity contribution in [2.24, 2.45) is 0 Å². The van der Waals surface area contributed by atoms with Gasteiger partial charge in [0.1, 0.15) is 10.6 Å². The summed E-state index contributed by atoms with van der Waals surface area (Å²) in [4.78, 5) is 23.5. The molecule has 0 atom stereocenters. The van der Waals surface area contributed by atoms with Crippen LogP contribution in [-0.2, 0) is 14.8 Å². The minimum absolute atomic E-state index is 0.124. The van der Waals surface area contributed by atoms with Gasteiger partial charge in [-0.2, -0.15) is 0 Å². The zero-order valence-electron chi connectivity index (χ0n) is 12.9. The van der Waals surface area contributed by atoms with Crippen molar-refractivity contribution in [3.63, 3.8) is 0 Å². The quantitative estimate of drug-likeness (QED) is 0.625. The Kier molecular flexibility index (Phi) is 5.22. The molecule has 1 aliphatic rings. The second-order valence-corrected chi connectivity index (χ2v) is 6.95. The molecule has 0 unspecified atom stereocenters. The fraction of sp³-hybridized carbons (Fsp3) is 0.429. The Hall–Kier alpha value is -2.13. The number of hydrogen-bond acceptors (Lipinski definition) is 5. The second-order valence-electron chi connectivity index (χ2n) is 5.10. The molecule has 1 fully saturated rings. The molecule has 0 spiro atoms. The SMILES string of the molecule is CNS(=O)(=O)c1cc(C(=O)NCC(=O)NC2CC2)ccc1OC. The molecule has 0 heterocycles. The zero-order chi connectivity index (χ0) is 17.0. The van der Waals surface area contributed by atoms with Crippen LogP contribution in [0.15, 0.2) is 23.1 Å². The average Bonchev–Trinajstić information content (AvgIpc) is 3.35. The molecule has 1 aliphatic carbocycles. The molecule has 1 aromatic carbocycles. The van der Waals surface area contributed by atoms with Gasteiger partial charge in [-0.25, -0.2) is 13.1 Å². The lowest BCUT2D eigenvalue weighted by Crippen LogP contribution is -2.37. The first kappa shape index (κ1) is 17.2. The Balaban J connectivity index is 2.10. The Morgan fingerprint density at radius 2 is 2.00 bits per heavy atom. The first-order chi connectivity index (χ1) is 10.9. The first-order valence-electron chi connectivity index (χ1n) is 7.06. The molecule has 0 radical (unpaired) electrons. The minimum atomic E-state index is -3.77. The molecule has 1 aromatic rings. The molecule has 23 heavy (non-hydrogen) atoms. The topological polar surface area (TPSA) is 114 Å². The summed E-state index contributed by atoms with van der Waals surface area (Å²) in [5, 5.41) is 5.20. The van der Waals surface area contributed by atoms with Gasteiger partial charge in [-0.3, -0.25) is 9.59 Å². The summed E-state index contributed by atoms with van der Waals surface area (Å²) in [5.74, 6) is -0.675. The number of amides is 2. The molecule has 1 saturated carbocycles. The molecular weight excluding hydrogens is 322 g/mol. The fourth-order valence-electron chi connectivity index (χ4n) is 1.91. The molecule has 3 N–H and O–H groups in total. The average molecular weight is 341 g/mol. The van der Waals surface area contributed by atoms with E-state index in [4.69, 9.17) is 4.74 Å². The summed E-state index contributed by atoms with van der Waals surface area (Å²) in [6, 6.07) is 4.25. The number of methoxy groups -OCH3 is 1. The predicted molar refractivity (Wildman–Crippen MR) is 82.7 cm³/mol. The van der Waals surface area contributed by atoms with Gasteiger partial charge in [0.2, 0.25) is 15.9 Å². The van der Waals surface area contributed by atoms with E-state index in [1.54, 1.807) is 0 Å². The smallest absolute Gasteiger partial charge is 0.251 e. The molecule has 2 rings (SSSR count). The van der Waals surface area contributed by atoms with E-state index in [1.165, 1.54) is 32.4 Å². The number of carbonyl (C=O) groups excluding carboxylic acids is 2. The van der Waals surface area contributed by atoms with Crippen molar-refractivity contribution in [3.8, 4) is 5.75 Å². The highest BCUT2D eigenvalue weighted by atomic mass is 32.2. The maximum Gasteiger partial charge on any atom is 0.251 e. The third kappa shape index (κ3) is 4.42. The van der Waals surface area contributed by atoms with E-state index in [0.717, 1.165) is 12.8 Å². The molecule has 8 nitrogen and oxygen atoms in total. The van der Waals surface area contributed by atoms with Crippen LogP contribution in [0.1, 0.15) is 23.2 Å². The third-order valence-electron chi connectivity index (χ3n) is 3.34. The van der Waals surface area contributed by atoms with Crippen molar-refractivity contribution >= 4 is 21.8 Å². The van der Waals surface area contributed by atoms with Gasteiger partial charge in [0.15, 0.2) is 0 Å². The van der Waals surface area contributed by atoms with E-state index in [9.17, 15) is 18.0 Å². The van der Waals surface area contributed by atoms with Crippen LogP contribution in [0.5, 0.6) is 5.75 Å². The Bertz CT molecular complexity index is 713. The largest absolute Gasteiger partial charge is 0.495 e. The Labute approximate surface area is 134 Å². The van der Waals surface area contributed by atoms with Gasteiger partial charge in [-0.05, 0) is 38.1 Å². The van der Waals surface area contributed by atoms with E-state index >= 15 is 0 Å². The molecule has 2 amide bonds. The summed E-state index contributed by atoms with van der Waals surface area (Å²) in [7, 11) is -1.16. The Morgan fingerprint density at radius 3 is 2.57 bits per heavy atom. The van der Waals surface area contributed by atoms with Gasteiger partial charge in [0.05, 0.1) is 13.7 Å². The van der Waals surface area contributed by atoms with Crippen molar-refractivity contribution in [1.29, 1.82) is 0 Å². The molecule has 0 saturated heterocycles. The fourth-order valence-corrected chi connectivity index (χ4v) is 2.83. The van der Waals surface area contributed by atoms with Crippen molar-refractivity contribution in [3.05, 3.63) is 23.8 Å². The Morgan fingerprint density at radius 1 is 1.30 bits per heavy atom. The first-order valence-corrected chi connectivity index (χ1v) is 8.55. The van der Waals surface area contributed by atoms with Gasteiger partial charge in [0.25, 0.3) is 5.91 Å². The van der Waals surface area contributed by atoms with Crippen molar-refractivity contribution in [2.75, 3.05) is 20.7 Å². The van der Waals surface area contributed by atoms with Crippen LogP contribution in [0.4, 0.5) is 0 Å². The van der Waals surface area contributed by atoms with E-state index < -0.39 is 15.9 Å². The third-order valence-corrected chi connectivity index (χ3v) is 4.77. The molecular formula is C14H19N3O5S. The molecule has 126 valence electrons. The standard InChI is InChI=1S/C14H19N3O5S/c1-15-23(20,21)12-7-9(3-6-11(12)22-2)14(19)16-8-13(18)17-10-4-5-10/h3,6-7,10,15H,4-5,8H2,1-2H3,(H,16,19)(H,17,18). The number of benzene rings is 1. The predicted octanol–water partition coefficient (Wildman–Crippen LogP) is -0.388. The molecule has 0 aliphatic heterocycles. The molecule has 0 aromatic heterocycles. The van der Waals surface area contributed by atoms with Gasteiger partial charge >= 0.3 is 0 Å². The number of hydrogen-bond donors (Lipinski definition) is 3. The highest BCUT2D eigenvalue weighted by Gasteiger charge is 2.24. The van der Waals surface area contributed by atoms with Crippen LogP contribution >= 0.6 is 0 Å². The van der Waals surface area contributed by atoms with Crippen LogP contribution in [-0.4, -0.2) is 47.0 Å². The van der Waals surface area contributed by atoms with Crippen LogP contribution in [0.25, 0.3) is 0 Å². The molecule has 0 bridgehead atoms. The number of nitrogens with one attached hydrogen (secondary N) is 3. The van der Waals surface area contributed by atoms with Crippen LogP contribution in [0.3, 0.4) is 0 Å². The normalized spacial score (nSPS) is 14.2. The lowest BCUT2D eigenvalue weighted by atomic mass is 10.2. The summed E-state index contributed by atoms with van der Waals surface area (Å²) in [6.07, 6.45) is 1.92. The molecule has 9 heteroatoms. The van der Waals surface area contributed by atoms with Crippen LogP contribution in [0, 0.1) is 0 Å². The van der Waals surface area contributed by atoms with E-state index in [1.807, 2.05) is 0 Å². The summed E-state index contributed by atoms with van der Waals surface area (Å²) in [5.41, 5.74) is 0.124. The monoisotopic (exact) mass is 341 g/mol. The van der Waals surface area contributed by atoms with E-state index in [-0.39, 0.29) is 34.7 Å². The van der Waals surface area contributed by atoms with Gasteiger partial charge in [0, 0.05) is 11.6 Å². The zero-order valence-corrected chi connectivity index (χ0v) is 13.7. The number of ether oxygens (including phenoxy) is 1. The van der Waals surface area contributed by atoms with Crippen molar-refractivity contribution in [1.82, 2.24) is 15.4 Å². The maximum atomic E-state index is 12.1. The second kappa shape index (κ2) is 6.97. The highest BCUT2D eigenvalue weighted by molar-refractivity contribution is 7.89. The number of carbonyl (C=O) groups is 2. The summed E-state index contributed by atoms with van der Waals surface area (Å²) in [6.45, 7) is -0.157. The number of sulfonamides is 1. The van der Waals surface area contributed by atoms with Crippen molar-refractivity contribution in [2.45, 2.75) is 23.8 Å². The minimum Gasteiger partial charge on any atom is -0.495 e. The van der Waals surface area contributed by atoms with Gasteiger partial charge < -0.3 is 15.4 Å². The lowest BCUT2D eigenvalue weighted by Gasteiger charge is -2.11.